The van der Waals surface area contributed by atoms with Crippen molar-refractivity contribution in [3.05, 3.63) is 99.7 Å². The van der Waals surface area contributed by atoms with E-state index in [4.69, 9.17) is 11.6 Å². The molecule has 3 aromatic rings. The Morgan fingerprint density at radius 2 is 1.74 bits per heavy atom. The summed E-state index contributed by atoms with van der Waals surface area (Å²) >= 11 is 7.16. The number of hydrogen-bond acceptors (Lipinski definition) is 3. The number of fused-ring (bicyclic) bond motifs is 1. The maximum Gasteiger partial charge on any atom is 0.265 e. The lowest BCUT2D eigenvalue weighted by Gasteiger charge is -2.29. The van der Waals surface area contributed by atoms with Crippen molar-refractivity contribution in [2.45, 2.75) is 11.4 Å². The van der Waals surface area contributed by atoms with Crippen molar-refractivity contribution in [2.24, 2.45) is 0 Å². The van der Waals surface area contributed by atoms with Crippen LogP contribution in [-0.2, 0) is 16.1 Å². The molecular weight excluding hydrogens is 435 g/mol. The molecule has 0 aliphatic carbocycles. The highest BCUT2D eigenvalue weighted by Crippen LogP contribution is 2.42. The van der Waals surface area contributed by atoms with E-state index in [1.165, 1.54) is 28.8 Å². The van der Waals surface area contributed by atoms with Gasteiger partial charge in [0.2, 0.25) is 5.91 Å². The molecule has 1 heterocycles. The van der Waals surface area contributed by atoms with Gasteiger partial charge in [-0.3, -0.25) is 14.5 Å². The van der Waals surface area contributed by atoms with Crippen LogP contribution in [0.5, 0.6) is 0 Å². The number of thioether (sulfide) groups is 1. The minimum atomic E-state index is -0.408. The highest BCUT2D eigenvalue weighted by atomic mass is 35.5. The van der Waals surface area contributed by atoms with E-state index in [1.807, 2.05) is 30.3 Å². The Morgan fingerprint density at radius 3 is 2.52 bits per heavy atom. The predicted octanol–water partition coefficient (Wildman–Crippen LogP) is 5.28. The second-order valence-corrected chi connectivity index (χ2v) is 8.41. The van der Waals surface area contributed by atoms with Gasteiger partial charge in [-0.2, -0.15) is 0 Å². The Morgan fingerprint density at radius 1 is 1.03 bits per heavy atom. The molecule has 2 amide bonds. The molecule has 0 bridgehead atoms. The van der Waals surface area contributed by atoms with Crippen LogP contribution in [0.3, 0.4) is 0 Å². The van der Waals surface area contributed by atoms with Crippen molar-refractivity contribution in [3.8, 4) is 0 Å². The number of amides is 2. The quantitative estimate of drug-likeness (QED) is 0.536. The number of carbonyl (C=O) groups is 2. The highest BCUT2D eigenvalue weighted by molar-refractivity contribution is 8.04. The molecule has 31 heavy (non-hydrogen) atoms. The number of anilines is 1. The Hall–Kier alpha value is -3.09. The lowest BCUT2D eigenvalue weighted by molar-refractivity contribution is -0.122. The average molecular weight is 453 g/mol. The summed E-state index contributed by atoms with van der Waals surface area (Å²) in [4.78, 5) is 28.4. The van der Waals surface area contributed by atoms with Gasteiger partial charge in [-0.05, 0) is 42.0 Å². The van der Waals surface area contributed by atoms with Crippen molar-refractivity contribution < 1.29 is 14.0 Å². The normalized spacial score (nSPS) is 14.5. The van der Waals surface area contributed by atoms with E-state index >= 15 is 0 Å². The maximum absolute atomic E-state index is 14.1. The highest BCUT2D eigenvalue weighted by Gasteiger charge is 2.30. The first-order valence-corrected chi connectivity index (χ1v) is 10.8. The minimum Gasteiger partial charge on any atom is -0.350 e. The maximum atomic E-state index is 14.1. The number of hydrogen-bond donors (Lipinski definition) is 1. The molecule has 1 aliphatic rings. The van der Waals surface area contributed by atoms with Crippen LogP contribution < -0.4 is 10.2 Å². The smallest absolute Gasteiger partial charge is 0.265 e. The lowest BCUT2D eigenvalue weighted by Crippen LogP contribution is -2.42. The molecule has 4 rings (SSSR count). The molecule has 0 unspecified atom stereocenters. The van der Waals surface area contributed by atoms with Gasteiger partial charge >= 0.3 is 0 Å². The summed E-state index contributed by atoms with van der Waals surface area (Å²) in [5, 5.41) is 3.45. The molecule has 7 heteroatoms. The van der Waals surface area contributed by atoms with Gasteiger partial charge in [0.25, 0.3) is 5.91 Å². The lowest BCUT2D eigenvalue weighted by atomic mass is 10.2. The molecule has 0 radical (unpaired) electrons. The van der Waals surface area contributed by atoms with Crippen molar-refractivity contribution in [1.82, 2.24) is 5.32 Å². The first kappa shape index (κ1) is 21.2. The van der Waals surface area contributed by atoms with Gasteiger partial charge in [-0.25, -0.2) is 4.39 Å². The van der Waals surface area contributed by atoms with E-state index in [9.17, 15) is 14.0 Å². The van der Waals surface area contributed by atoms with Crippen molar-refractivity contribution in [1.29, 1.82) is 0 Å². The summed E-state index contributed by atoms with van der Waals surface area (Å²) in [5.74, 6) is -1.04. The zero-order valence-electron chi connectivity index (χ0n) is 16.3. The number of rotatable bonds is 5. The van der Waals surface area contributed by atoms with E-state index in [1.54, 1.807) is 36.4 Å². The first-order valence-electron chi connectivity index (χ1n) is 9.57. The van der Waals surface area contributed by atoms with Gasteiger partial charge < -0.3 is 5.32 Å². The summed E-state index contributed by atoms with van der Waals surface area (Å²) in [5.41, 5.74) is 1.88. The van der Waals surface area contributed by atoms with Gasteiger partial charge in [0.05, 0.1) is 10.6 Å². The molecule has 0 saturated heterocycles. The van der Waals surface area contributed by atoms with Gasteiger partial charge in [0.1, 0.15) is 12.4 Å². The van der Waals surface area contributed by atoms with E-state index in [0.29, 0.717) is 27.7 Å². The zero-order chi connectivity index (χ0) is 21.8. The standard InChI is InChI=1S/C24H18ClFN2O2S/c25-18-11-9-16(10-12-18)14-27-23(29)15-28-20-7-3-4-8-21(20)31-22(24(28)30)13-17-5-1-2-6-19(17)26/h1-13H,14-15H2,(H,27,29). The van der Waals surface area contributed by atoms with E-state index in [-0.39, 0.29) is 18.4 Å². The van der Waals surface area contributed by atoms with Crippen molar-refractivity contribution in [3.63, 3.8) is 0 Å². The van der Waals surface area contributed by atoms with E-state index in [2.05, 4.69) is 5.32 Å². The second-order valence-electron chi connectivity index (χ2n) is 6.89. The van der Waals surface area contributed by atoms with Crippen LogP contribution in [0.25, 0.3) is 6.08 Å². The molecule has 0 fully saturated rings. The van der Waals surface area contributed by atoms with Gasteiger partial charge in [0.15, 0.2) is 0 Å². The number of halogens is 2. The summed E-state index contributed by atoms with van der Waals surface area (Å²) < 4.78 is 14.1. The monoisotopic (exact) mass is 452 g/mol. The molecule has 156 valence electrons. The minimum absolute atomic E-state index is 0.140. The molecule has 0 spiro atoms. The average Bonchev–Trinajstić information content (AvgIpc) is 2.77. The topological polar surface area (TPSA) is 49.4 Å². The molecular formula is C24H18ClFN2O2S. The molecule has 4 nitrogen and oxygen atoms in total. The first-order chi connectivity index (χ1) is 15.0. The van der Waals surface area contributed by atoms with E-state index in [0.717, 1.165) is 10.5 Å². The van der Waals surface area contributed by atoms with Crippen LogP contribution in [0.15, 0.2) is 82.6 Å². The van der Waals surface area contributed by atoms with Crippen molar-refractivity contribution >= 4 is 46.9 Å². The number of nitrogens with zero attached hydrogens (tertiary/aromatic N) is 1. The molecule has 1 aliphatic heterocycles. The molecule has 1 N–H and O–H groups in total. The largest absolute Gasteiger partial charge is 0.350 e. The fraction of sp³-hybridized carbons (Fsp3) is 0.0833. The van der Waals surface area contributed by atoms with Gasteiger partial charge in [-0.1, -0.05) is 65.8 Å². The molecule has 0 atom stereocenters. The third kappa shape index (κ3) is 4.98. The van der Waals surface area contributed by atoms with Gasteiger partial charge in [-0.15, -0.1) is 0 Å². The summed E-state index contributed by atoms with van der Waals surface area (Å²) in [6, 6.07) is 20.8. The third-order valence-electron chi connectivity index (χ3n) is 4.73. The van der Waals surface area contributed by atoms with Gasteiger partial charge in [0, 0.05) is 22.0 Å². The number of nitrogens with one attached hydrogen (secondary N) is 1. The number of carbonyl (C=O) groups excluding carboxylic acids is 2. The fourth-order valence-electron chi connectivity index (χ4n) is 3.15. The summed E-state index contributed by atoms with van der Waals surface area (Å²) in [7, 11) is 0. The Kier molecular flexibility index (Phi) is 6.39. The Bertz CT molecular complexity index is 1160. The Balaban J connectivity index is 1.55. The number of para-hydroxylation sites is 1. The van der Waals surface area contributed by atoms with Crippen LogP contribution in [0.2, 0.25) is 5.02 Å². The summed E-state index contributed by atoms with van der Waals surface area (Å²) in [6.45, 7) is 0.185. The Labute approximate surface area is 188 Å². The SMILES string of the molecule is O=C(CN1C(=O)C(=Cc2ccccc2F)Sc2ccccc21)NCc1ccc(Cl)cc1. The van der Waals surface area contributed by atoms with Crippen LogP contribution in [0, 0.1) is 5.82 Å². The fourth-order valence-corrected chi connectivity index (χ4v) is 4.33. The molecule has 0 saturated carbocycles. The van der Waals surface area contributed by atoms with E-state index < -0.39 is 5.82 Å². The predicted molar refractivity (Wildman–Crippen MR) is 122 cm³/mol. The summed E-state index contributed by atoms with van der Waals surface area (Å²) in [6.07, 6.45) is 1.52. The van der Waals surface area contributed by atoms with Crippen LogP contribution >= 0.6 is 23.4 Å². The van der Waals surface area contributed by atoms with Crippen LogP contribution in [0.1, 0.15) is 11.1 Å². The third-order valence-corrected chi connectivity index (χ3v) is 6.06. The second kappa shape index (κ2) is 9.37. The number of benzene rings is 3. The van der Waals surface area contributed by atoms with Crippen molar-refractivity contribution in [2.75, 3.05) is 11.4 Å². The van der Waals surface area contributed by atoms with Crippen LogP contribution in [0.4, 0.5) is 10.1 Å². The molecule has 0 aromatic heterocycles. The van der Waals surface area contributed by atoms with Crippen LogP contribution in [-0.4, -0.2) is 18.4 Å². The zero-order valence-corrected chi connectivity index (χ0v) is 17.9. The molecule has 3 aromatic carbocycles.